The molecule has 5 heteroatoms. The zero-order chi connectivity index (χ0) is 21.3. The first kappa shape index (κ1) is 19.9. The van der Waals surface area contributed by atoms with Crippen LogP contribution in [-0.2, 0) is 0 Å². The fourth-order valence-corrected chi connectivity index (χ4v) is 3.36. The predicted octanol–water partition coefficient (Wildman–Crippen LogP) is 6.30. The van der Waals surface area contributed by atoms with E-state index in [1.807, 2.05) is 24.3 Å². The van der Waals surface area contributed by atoms with Crippen LogP contribution in [-0.4, -0.2) is 11.8 Å². The quantitative estimate of drug-likeness (QED) is 0.283. The van der Waals surface area contributed by atoms with E-state index in [1.54, 1.807) is 42.5 Å². The second-order valence-electron chi connectivity index (χ2n) is 7.29. The van der Waals surface area contributed by atoms with Gasteiger partial charge in [0, 0.05) is 6.07 Å². The molecule has 0 atom stereocenters. The average Bonchev–Trinajstić information content (AvgIpc) is 3.03. The molecule has 1 heterocycles. The van der Waals surface area contributed by atoms with Gasteiger partial charge in [-0.05, 0) is 47.4 Å². The molecule has 0 spiro atoms. The molecule has 3 aromatic rings. The smallest absolute Gasteiger partial charge is 0.345 e. The van der Waals surface area contributed by atoms with Crippen LogP contribution in [0.1, 0.15) is 51.6 Å². The van der Waals surface area contributed by atoms with Gasteiger partial charge in [0.25, 0.3) is 0 Å². The molecule has 4 nitrogen and oxygen atoms in total. The van der Waals surface area contributed by atoms with Crippen molar-refractivity contribution in [2.24, 2.45) is 0 Å². The highest BCUT2D eigenvalue weighted by Gasteiger charge is 2.28. The Morgan fingerprint density at radius 3 is 2.47 bits per heavy atom. The van der Waals surface area contributed by atoms with Gasteiger partial charge in [-0.3, -0.25) is 4.79 Å². The molecule has 0 radical (unpaired) electrons. The first-order chi connectivity index (χ1) is 14.4. The maximum absolute atomic E-state index is 12.7. The number of carbonyl (C=O) groups is 2. The van der Waals surface area contributed by atoms with Crippen molar-refractivity contribution >= 4 is 29.4 Å². The van der Waals surface area contributed by atoms with E-state index in [0.717, 1.165) is 5.56 Å². The molecule has 4 rings (SSSR count). The fourth-order valence-electron chi connectivity index (χ4n) is 3.15. The summed E-state index contributed by atoms with van der Waals surface area (Å²) < 4.78 is 11.1. The standard InChI is InChI=1S/C25H19ClO4/c1-15(2)17-9-7-16(8-10-17)13-23-24(27)20-12-11-18(14-22(20)30-23)29-25(28)19-5-3-4-6-21(19)26/h3-15H,1-2H3. The topological polar surface area (TPSA) is 52.6 Å². The van der Waals surface area contributed by atoms with Gasteiger partial charge in [0.15, 0.2) is 5.76 Å². The van der Waals surface area contributed by atoms with Gasteiger partial charge in [-0.2, -0.15) is 0 Å². The van der Waals surface area contributed by atoms with E-state index in [2.05, 4.69) is 13.8 Å². The Labute approximate surface area is 179 Å². The molecule has 0 bridgehead atoms. The zero-order valence-electron chi connectivity index (χ0n) is 16.5. The summed E-state index contributed by atoms with van der Waals surface area (Å²) in [6, 6.07) is 19.3. The van der Waals surface area contributed by atoms with E-state index < -0.39 is 5.97 Å². The molecule has 0 unspecified atom stereocenters. The summed E-state index contributed by atoms with van der Waals surface area (Å²) in [7, 11) is 0. The highest BCUT2D eigenvalue weighted by Crippen LogP contribution is 2.35. The molecule has 1 aliphatic rings. The molecular formula is C25H19ClO4. The number of fused-ring (bicyclic) bond motifs is 1. The lowest BCUT2D eigenvalue weighted by atomic mass is 10.0. The van der Waals surface area contributed by atoms with Crippen LogP contribution in [0.5, 0.6) is 11.5 Å². The Morgan fingerprint density at radius 1 is 1.03 bits per heavy atom. The van der Waals surface area contributed by atoms with E-state index >= 15 is 0 Å². The highest BCUT2D eigenvalue weighted by molar-refractivity contribution is 6.33. The van der Waals surface area contributed by atoms with Gasteiger partial charge >= 0.3 is 5.97 Å². The van der Waals surface area contributed by atoms with E-state index in [9.17, 15) is 9.59 Å². The second kappa shape index (κ2) is 8.17. The summed E-state index contributed by atoms with van der Waals surface area (Å²) in [5.74, 6) is 0.514. The minimum atomic E-state index is -0.578. The number of hydrogen-bond donors (Lipinski definition) is 0. The maximum atomic E-state index is 12.7. The zero-order valence-corrected chi connectivity index (χ0v) is 17.3. The van der Waals surface area contributed by atoms with E-state index in [4.69, 9.17) is 21.1 Å². The van der Waals surface area contributed by atoms with Crippen molar-refractivity contribution in [2.75, 3.05) is 0 Å². The lowest BCUT2D eigenvalue weighted by Gasteiger charge is -2.07. The van der Waals surface area contributed by atoms with Crippen molar-refractivity contribution in [1.82, 2.24) is 0 Å². The van der Waals surface area contributed by atoms with Crippen LogP contribution in [0.25, 0.3) is 6.08 Å². The van der Waals surface area contributed by atoms with Crippen molar-refractivity contribution in [1.29, 1.82) is 0 Å². The van der Waals surface area contributed by atoms with Crippen molar-refractivity contribution in [3.05, 3.63) is 99.8 Å². The van der Waals surface area contributed by atoms with Crippen LogP contribution in [0.4, 0.5) is 0 Å². The van der Waals surface area contributed by atoms with Crippen molar-refractivity contribution in [3.63, 3.8) is 0 Å². The van der Waals surface area contributed by atoms with Crippen LogP contribution in [0.15, 0.2) is 72.5 Å². The number of Topliss-reactive ketones (excluding diaryl/α,β-unsaturated/α-hetero) is 1. The van der Waals surface area contributed by atoms with E-state index in [1.165, 1.54) is 11.6 Å². The number of hydrogen-bond acceptors (Lipinski definition) is 4. The Hall–Kier alpha value is -3.37. The Balaban J connectivity index is 1.54. The van der Waals surface area contributed by atoms with Crippen molar-refractivity contribution < 1.29 is 19.1 Å². The number of benzene rings is 3. The highest BCUT2D eigenvalue weighted by atomic mass is 35.5. The van der Waals surface area contributed by atoms with Gasteiger partial charge in [0.1, 0.15) is 11.5 Å². The normalized spacial score (nSPS) is 14.0. The molecule has 0 aromatic heterocycles. The number of ketones is 1. The van der Waals surface area contributed by atoms with Gasteiger partial charge in [-0.25, -0.2) is 4.79 Å². The van der Waals surface area contributed by atoms with Crippen LogP contribution < -0.4 is 9.47 Å². The SMILES string of the molecule is CC(C)c1ccc(C=C2Oc3cc(OC(=O)c4ccccc4Cl)ccc3C2=O)cc1. The molecule has 0 fully saturated rings. The van der Waals surface area contributed by atoms with Gasteiger partial charge in [-0.15, -0.1) is 0 Å². The number of esters is 1. The van der Waals surface area contributed by atoms with Crippen molar-refractivity contribution in [2.45, 2.75) is 19.8 Å². The number of carbonyl (C=O) groups excluding carboxylic acids is 2. The molecule has 0 amide bonds. The maximum Gasteiger partial charge on any atom is 0.345 e. The minimum absolute atomic E-state index is 0.207. The molecular weight excluding hydrogens is 400 g/mol. The number of halogens is 1. The third-order valence-electron chi connectivity index (χ3n) is 4.85. The largest absolute Gasteiger partial charge is 0.452 e. The van der Waals surface area contributed by atoms with Gasteiger partial charge in [0.2, 0.25) is 5.78 Å². The molecule has 0 saturated carbocycles. The summed E-state index contributed by atoms with van der Waals surface area (Å²) in [5.41, 5.74) is 2.80. The van der Waals surface area contributed by atoms with Crippen LogP contribution in [0.2, 0.25) is 5.02 Å². The summed E-state index contributed by atoms with van der Waals surface area (Å²) >= 11 is 6.04. The molecule has 150 valence electrons. The first-order valence-electron chi connectivity index (χ1n) is 9.57. The Kier molecular flexibility index (Phi) is 5.42. The number of allylic oxidation sites excluding steroid dienone is 1. The predicted molar refractivity (Wildman–Crippen MR) is 116 cm³/mol. The van der Waals surface area contributed by atoms with E-state index in [-0.39, 0.29) is 22.9 Å². The average molecular weight is 419 g/mol. The molecule has 30 heavy (non-hydrogen) atoms. The summed E-state index contributed by atoms with van der Waals surface area (Å²) in [6.45, 7) is 4.26. The first-order valence-corrected chi connectivity index (χ1v) is 9.95. The molecule has 0 saturated heterocycles. The summed E-state index contributed by atoms with van der Waals surface area (Å²) in [4.78, 5) is 25.0. The van der Waals surface area contributed by atoms with Crippen LogP contribution in [0.3, 0.4) is 0 Å². The lowest BCUT2D eigenvalue weighted by Crippen LogP contribution is -2.09. The van der Waals surface area contributed by atoms with Crippen LogP contribution >= 0.6 is 11.6 Å². The molecule has 1 aliphatic heterocycles. The Bertz CT molecular complexity index is 1160. The van der Waals surface area contributed by atoms with Crippen LogP contribution in [0, 0.1) is 0 Å². The van der Waals surface area contributed by atoms with Crippen molar-refractivity contribution in [3.8, 4) is 11.5 Å². The third kappa shape index (κ3) is 4.00. The van der Waals surface area contributed by atoms with Gasteiger partial charge < -0.3 is 9.47 Å². The number of rotatable bonds is 4. The second-order valence-corrected chi connectivity index (χ2v) is 7.70. The van der Waals surface area contributed by atoms with Gasteiger partial charge in [-0.1, -0.05) is 61.8 Å². The third-order valence-corrected chi connectivity index (χ3v) is 5.18. The monoisotopic (exact) mass is 418 g/mol. The molecule has 0 aliphatic carbocycles. The minimum Gasteiger partial charge on any atom is -0.452 e. The van der Waals surface area contributed by atoms with Gasteiger partial charge in [0.05, 0.1) is 16.1 Å². The Morgan fingerprint density at radius 2 is 1.77 bits per heavy atom. The lowest BCUT2D eigenvalue weighted by molar-refractivity contribution is 0.0734. The summed E-state index contributed by atoms with van der Waals surface area (Å²) in [6.07, 6.45) is 1.71. The number of ether oxygens (including phenoxy) is 2. The van der Waals surface area contributed by atoms with E-state index in [0.29, 0.717) is 22.3 Å². The fraction of sp³-hybridized carbons (Fsp3) is 0.120. The summed E-state index contributed by atoms with van der Waals surface area (Å²) in [5, 5.41) is 0.309. The molecule has 0 N–H and O–H groups in total. The molecule has 3 aromatic carbocycles.